The molecule has 1 atom stereocenters. The van der Waals surface area contributed by atoms with Crippen molar-refractivity contribution in [2.45, 2.75) is 36.3 Å². The number of halogens is 1. The average molecular weight is 266 g/mol. The first-order valence-electron chi connectivity index (χ1n) is 4.59. The van der Waals surface area contributed by atoms with Gasteiger partial charge in [-0.1, -0.05) is 15.9 Å². The maximum absolute atomic E-state index is 11.5. The number of alkyl halides is 1. The van der Waals surface area contributed by atoms with Crippen LogP contribution in [0, 0.1) is 0 Å². The van der Waals surface area contributed by atoms with Gasteiger partial charge in [-0.15, -0.1) is 0 Å². The maximum Gasteiger partial charge on any atom is 0.236 e. The number of hydrogen-bond donors (Lipinski definition) is 1. The summed E-state index contributed by atoms with van der Waals surface area (Å²) in [5.74, 6) is 1.33. The third-order valence-electron chi connectivity index (χ3n) is 2.05. The summed E-state index contributed by atoms with van der Waals surface area (Å²) in [5.41, 5.74) is 0. The lowest BCUT2D eigenvalue weighted by atomic mass is 10.2. The Bertz CT molecular complexity index is 185. The standard InChI is InChI=1S/C9H16BrNOS/c1-9(2,10)8(12)11-6-7-4-3-5-13-7/h7H,3-6H2,1-2H3,(H,11,12). The van der Waals surface area contributed by atoms with Crippen LogP contribution in [0.15, 0.2) is 0 Å². The van der Waals surface area contributed by atoms with Crippen LogP contribution in [0.1, 0.15) is 26.7 Å². The lowest BCUT2D eigenvalue weighted by Gasteiger charge is -2.17. The second kappa shape index (κ2) is 4.69. The van der Waals surface area contributed by atoms with Gasteiger partial charge in [0.1, 0.15) is 0 Å². The lowest BCUT2D eigenvalue weighted by molar-refractivity contribution is -0.122. The molecule has 0 aliphatic carbocycles. The quantitative estimate of drug-likeness (QED) is 0.793. The van der Waals surface area contributed by atoms with Gasteiger partial charge in [-0.3, -0.25) is 4.79 Å². The Morgan fingerprint density at radius 3 is 2.85 bits per heavy atom. The lowest BCUT2D eigenvalue weighted by Crippen LogP contribution is -2.40. The molecule has 1 unspecified atom stereocenters. The van der Waals surface area contributed by atoms with E-state index in [4.69, 9.17) is 0 Å². The molecule has 1 fully saturated rings. The highest BCUT2D eigenvalue weighted by Crippen LogP contribution is 2.25. The predicted octanol–water partition coefficient (Wildman–Crippen LogP) is 2.17. The molecule has 1 saturated heterocycles. The molecule has 1 aliphatic heterocycles. The van der Waals surface area contributed by atoms with Gasteiger partial charge in [-0.25, -0.2) is 0 Å². The molecule has 0 spiro atoms. The summed E-state index contributed by atoms with van der Waals surface area (Å²) in [6, 6.07) is 0. The number of rotatable bonds is 3. The van der Waals surface area contributed by atoms with Gasteiger partial charge in [-0.05, 0) is 32.4 Å². The van der Waals surface area contributed by atoms with E-state index in [2.05, 4.69) is 21.2 Å². The van der Waals surface area contributed by atoms with Crippen molar-refractivity contribution < 1.29 is 4.79 Å². The molecule has 0 aromatic rings. The van der Waals surface area contributed by atoms with Crippen molar-refractivity contribution in [2.75, 3.05) is 12.3 Å². The topological polar surface area (TPSA) is 29.1 Å². The van der Waals surface area contributed by atoms with Gasteiger partial charge in [0, 0.05) is 11.8 Å². The van der Waals surface area contributed by atoms with E-state index in [0.29, 0.717) is 5.25 Å². The van der Waals surface area contributed by atoms with Crippen molar-refractivity contribution >= 4 is 33.6 Å². The first-order chi connectivity index (χ1) is 6.00. The summed E-state index contributed by atoms with van der Waals surface area (Å²) in [7, 11) is 0. The third kappa shape index (κ3) is 3.90. The molecular weight excluding hydrogens is 250 g/mol. The van der Waals surface area contributed by atoms with E-state index in [1.807, 2.05) is 25.6 Å². The average Bonchev–Trinajstić information content (AvgIpc) is 2.50. The zero-order chi connectivity index (χ0) is 9.90. The molecule has 0 bridgehead atoms. The minimum atomic E-state index is -0.434. The molecule has 4 heteroatoms. The number of carbonyl (C=O) groups excluding carboxylic acids is 1. The summed E-state index contributed by atoms with van der Waals surface area (Å²) >= 11 is 5.30. The van der Waals surface area contributed by atoms with E-state index >= 15 is 0 Å². The van der Waals surface area contributed by atoms with Crippen LogP contribution in [0.4, 0.5) is 0 Å². The van der Waals surface area contributed by atoms with Crippen molar-refractivity contribution in [3.63, 3.8) is 0 Å². The third-order valence-corrected chi connectivity index (χ3v) is 3.81. The summed E-state index contributed by atoms with van der Waals surface area (Å²) in [6.45, 7) is 4.55. The highest BCUT2D eigenvalue weighted by molar-refractivity contribution is 9.10. The monoisotopic (exact) mass is 265 g/mol. The molecule has 0 aromatic carbocycles. The molecule has 76 valence electrons. The molecule has 1 rings (SSSR count). The minimum Gasteiger partial charge on any atom is -0.354 e. The van der Waals surface area contributed by atoms with E-state index in [9.17, 15) is 4.79 Å². The smallest absolute Gasteiger partial charge is 0.236 e. The van der Waals surface area contributed by atoms with Crippen molar-refractivity contribution in [3.8, 4) is 0 Å². The first kappa shape index (κ1) is 11.4. The van der Waals surface area contributed by atoms with Crippen LogP contribution in [0.5, 0.6) is 0 Å². The van der Waals surface area contributed by atoms with Crippen LogP contribution in [-0.4, -0.2) is 27.8 Å². The fraction of sp³-hybridized carbons (Fsp3) is 0.889. The zero-order valence-electron chi connectivity index (χ0n) is 8.10. The summed E-state index contributed by atoms with van der Waals surface area (Å²) in [4.78, 5) is 11.5. The van der Waals surface area contributed by atoms with Gasteiger partial charge in [0.2, 0.25) is 5.91 Å². The van der Waals surface area contributed by atoms with Crippen molar-refractivity contribution in [2.24, 2.45) is 0 Å². The normalized spacial score (nSPS) is 23.2. The van der Waals surface area contributed by atoms with Crippen LogP contribution >= 0.6 is 27.7 Å². The SMILES string of the molecule is CC(C)(Br)C(=O)NCC1CCCS1. The highest BCUT2D eigenvalue weighted by Gasteiger charge is 2.24. The van der Waals surface area contributed by atoms with Gasteiger partial charge in [0.05, 0.1) is 4.32 Å². The fourth-order valence-corrected chi connectivity index (χ4v) is 2.56. The predicted molar refractivity (Wildman–Crippen MR) is 61.5 cm³/mol. The van der Waals surface area contributed by atoms with Crippen LogP contribution in [0.2, 0.25) is 0 Å². The molecular formula is C9H16BrNOS. The zero-order valence-corrected chi connectivity index (χ0v) is 10.5. The number of thioether (sulfide) groups is 1. The van der Waals surface area contributed by atoms with Crippen molar-refractivity contribution in [1.29, 1.82) is 0 Å². The minimum absolute atomic E-state index is 0.0833. The molecule has 1 heterocycles. The van der Waals surface area contributed by atoms with E-state index < -0.39 is 4.32 Å². The second-order valence-corrected chi connectivity index (χ2v) is 7.21. The van der Waals surface area contributed by atoms with Gasteiger partial charge in [0.25, 0.3) is 0 Å². The number of amides is 1. The van der Waals surface area contributed by atoms with Crippen LogP contribution in [0.25, 0.3) is 0 Å². The summed E-state index contributed by atoms with van der Waals surface area (Å²) in [6.07, 6.45) is 2.54. The Morgan fingerprint density at radius 2 is 2.38 bits per heavy atom. The molecule has 0 radical (unpaired) electrons. The van der Waals surface area contributed by atoms with E-state index in [1.165, 1.54) is 18.6 Å². The van der Waals surface area contributed by atoms with Crippen LogP contribution in [0.3, 0.4) is 0 Å². The Morgan fingerprint density at radius 1 is 1.69 bits per heavy atom. The first-order valence-corrected chi connectivity index (χ1v) is 6.43. The van der Waals surface area contributed by atoms with Gasteiger partial charge in [-0.2, -0.15) is 11.8 Å². The largest absolute Gasteiger partial charge is 0.354 e. The summed E-state index contributed by atoms with van der Waals surface area (Å²) in [5, 5.41) is 3.60. The number of hydrogen-bond acceptors (Lipinski definition) is 2. The molecule has 1 aliphatic rings. The van der Waals surface area contributed by atoms with Crippen molar-refractivity contribution in [1.82, 2.24) is 5.32 Å². The highest BCUT2D eigenvalue weighted by atomic mass is 79.9. The van der Waals surface area contributed by atoms with Gasteiger partial charge < -0.3 is 5.32 Å². The number of nitrogens with one attached hydrogen (secondary N) is 1. The molecule has 1 amide bonds. The molecule has 13 heavy (non-hydrogen) atoms. The number of carbonyl (C=O) groups is 1. The Balaban J connectivity index is 2.22. The molecule has 1 N–H and O–H groups in total. The Labute approximate surface area is 92.4 Å². The van der Waals surface area contributed by atoms with E-state index in [-0.39, 0.29) is 5.91 Å². The van der Waals surface area contributed by atoms with Crippen molar-refractivity contribution in [3.05, 3.63) is 0 Å². The van der Waals surface area contributed by atoms with Gasteiger partial charge in [0.15, 0.2) is 0 Å². The van der Waals surface area contributed by atoms with E-state index in [1.54, 1.807) is 0 Å². The Kier molecular flexibility index (Phi) is 4.10. The summed E-state index contributed by atoms with van der Waals surface area (Å²) < 4.78 is -0.434. The van der Waals surface area contributed by atoms with Crippen LogP contribution in [-0.2, 0) is 4.79 Å². The van der Waals surface area contributed by atoms with Crippen LogP contribution < -0.4 is 5.32 Å². The second-order valence-electron chi connectivity index (χ2n) is 3.82. The fourth-order valence-electron chi connectivity index (χ4n) is 1.22. The Hall–Kier alpha value is 0.300. The van der Waals surface area contributed by atoms with E-state index in [0.717, 1.165) is 6.54 Å². The molecule has 0 saturated carbocycles. The molecule has 2 nitrogen and oxygen atoms in total. The molecule has 0 aromatic heterocycles. The maximum atomic E-state index is 11.5. The van der Waals surface area contributed by atoms with Gasteiger partial charge >= 0.3 is 0 Å².